The Morgan fingerprint density at radius 1 is 1.37 bits per heavy atom. The average molecular weight is 260 g/mol. The van der Waals surface area contributed by atoms with E-state index in [1.54, 1.807) is 14.0 Å². The second-order valence-corrected chi connectivity index (χ2v) is 4.20. The number of H-pyrrole nitrogens is 1. The molecule has 2 rings (SSSR count). The SMILES string of the molecule is COCC(C)OC(=O)c1cn[nH]c1-c1ccccc1. The van der Waals surface area contributed by atoms with Crippen molar-refractivity contribution in [1.29, 1.82) is 0 Å². The highest BCUT2D eigenvalue weighted by molar-refractivity contribution is 5.95. The maximum absolute atomic E-state index is 12.0. The molecule has 0 aliphatic carbocycles. The van der Waals surface area contributed by atoms with E-state index < -0.39 is 5.97 Å². The Balaban J connectivity index is 2.18. The topological polar surface area (TPSA) is 64.2 Å². The normalized spacial score (nSPS) is 12.1. The molecule has 0 amide bonds. The number of carbonyl (C=O) groups is 1. The molecule has 0 spiro atoms. The van der Waals surface area contributed by atoms with Gasteiger partial charge in [0.1, 0.15) is 11.7 Å². The smallest absolute Gasteiger partial charge is 0.342 e. The molecule has 5 heteroatoms. The molecular weight excluding hydrogens is 244 g/mol. The highest BCUT2D eigenvalue weighted by atomic mass is 16.6. The minimum absolute atomic E-state index is 0.295. The summed E-state index contributed by atoms with van der Waals surface area (Å²) in [5, 5.41) is 6.74. The molecule has 0 aliphatic heterocycles. The lowest BCUT2D eigenvalue weighted by atomic mass is 10.1. The zero-order chi connectivity index (χ0) is 13.7. The van der Waals surface area contributed by atoms with Crippen LogP contribution in [0.5, 0.6) is 0 Å². The van der Waals surface area contributed by atoms with E-state index in [9.17, 15) is 4.79 Å². The minimum atomic E-state index is -0.405. The summed E-state index contributed by atoms with van der Waals surface area (Å²) in [5.41, 5.74) is 1.98. The molecule has 2 aromatic rings. The van der Waals surface area contributed by atoms with Crippen molar-refractivity contribution in [3.8, 4) is 11.3 Å². The molecule has 0 bridgehead atoms. The predicted molar refractivity (Wildman–Crippen MR) is 70.8 cm³/mol. The van der Waals surface area contributed by atoms with Gasteiger partial charge >= 0.3 is 5.97 Å². The van der Waals surface area contributed by atoms with E-state index in [1.807, 2.05) is 30.3 Å². The molecule has 0 fully saturated rings. The van der Waals surface area contributed by atoms with Crippen LogP contribution in [0.25, 0.3) is 11.3 Å². The van der Waals surface area contributed by atoms with Gasteiger partial charge in [0.2, 0.25) is 0 Å². The summed E-state index contributed by atoms with van der Waals surface area (Å²) in [6.45, 7) is 2.15. The lowest BCUT2D eigenvalue weighted by molar-refractivity contribution is 0.0121. The maximum Gasteiger partial charge on any atom is 0.342 e. The highest BCUT2D eigenvalue weighted by Gasteiger charge is 2.18. The number of esters is 1. The van der Waals surface area contributed by atoms with Gasteiger partial charge in [0.15, 0.2) is 0 Å². The second kappa shape index (κ2) is 6.15. The van der Waals surface area contributed by atoms with Crippen molar-refractivity contribution < 1.29 is 14.3 Å². The first-order valence-electron chi connectivity index (χ1n) is 6.01. The number of ether oxygens (including phenoxy) is 2. The van der Waals surface area contributed by atoms with Crippen LogP contribution in [-0.4, -0.2) is 36.0 Å². The Bertz CT molecular complexity index is 537. The number of carbonyl (C=O) groups excluding carboxylic acids is 1. The molecular formula is C14H16N2O3. The van der Waals surface area contributed by atoms with Crippen molar-refractivity contribution in [2.24, 2.45) is 0 Å². The molecule has 1 unspecified atom stereocenters. The number of aromatic amines is 1. The molecule has 0 radical (unpaired) electrons. The fourth-order valence-corrected chi connectivity index (χ4v) is 1.78. The summed E-state index contributed by atoms with van der Waals surface area (Å²) >= 11 is 0. The standard InChI is InChI=1S/C14H16N2O3/c1-10(9-18-2)19-14(17)12-8-15-16-13(12)11-6-4-3-5-7-11/h3-8,10H,9H2,1-2H3,(H,15,16). The number of nitrogens with one attached hydrogen (secondary N) is 1. The summed E-state index contributed by atoms with van der Waals surface area (Å²) in [7, 11) is 1.57. The third kappa shape index (κ3) is 3.20. The molecule has 0 aliphatic rings. The van der Waals surface area contributed by atoms with E-state index in [-0.39, 0.29) is 6.10 Å². The van der Waals surface area contributed by atoms with Gasteiger partial charge in [-0.2, -0.15) is 5.10 Å². The van der Waals surface area contributed by atoms with Gasteiger partial charge in [-0.3, -0.25) is 5.10 Å². The summed E-state index contributed by atoms with van der Waals surface area (Å²) in [4.78, 5) is 12.0. The van der Waals surface area contributed by atoms with Crippen LogP contribution in [0.15, 0.2) is 36.5 Å². The monoisotopic (exact) mass is 260 g/mol. The summed E-state index contributed by atoms with van der Waals surface area (Å²) in [6, 6.07) is 9.53. The number of hydrogen-bond acceptors (Lipinski definition) is 4. The van der Waals surface area contributed by atoms with Crippen molar-refractivity contribution in [2.75, 3.05) is 13.7 Å². The molecule has 19 heavy (non-hydrogen) atoms. The van der Waals surface area contributed by atoms with Gasteiger partial charge in [0.05, 0.1) is 18.5 Å². The third-order valence-electron chi connectivity index (χ3n) is 2.63. The van der Waals surface area contributed by atoms with Crippen LogP contribution in [0.4, 0.5) is 0 Å². The van der Waals surface area contributed by atoms with Crippen LogP contribution in [0.1, 0.15) is 17.3 Å². The third-order valence-corrected chi connectivity index (χ3v) is 2.63. The molecule has 0 saturated heterocycles. The quantitative estimate of drug-likeness (QED) is 0.837. The van der Waals surface area contributed by atoms with Crippen LogP contribution in [-0.2, 0) is 9.47 Å². The zero-order valence-corrected chi connectivity index (χ0v) is 10.9. The van der Waals surface area contributed by atoms with Crippen molar-refractivity contribution >= 4 is 5.97 Å². The van der Waals surface area contributed by atoms with Crippen molar-refractivity contribution in [3.05, 3.63) is 42.1 Å². The van der Waals surface area contributed by atoms with Gasteiger partial charge in [-0.15, -0.1) is 0 Å². The number of hydrogen-bond donors (Lipinski definition) is 1. The van der Waals surface area contributed by atoms with E-state index in [4.69, 9.17) is 9.47 Å². The first kappa shape index (κ1) is 13.3. The first-order chi connectivity index (χ1) is 9.22. The van der Waals surface area contributed by atoms with E-state index in [0.29, 0.717) is 17.9 Å². The van der Waals surface area contributed by atoms with Crippen LogP contribution in [0.3, 0.4) is 0 Å². The van der Waals surface area contributed by atoms with Crippen LogP contribution in [0, 0.1) is 0 Å². The number of benzene rings is 1. The minimum Gasteiger partial charge on any atom is -0.457 e. The highest BCUT2D eigenvalue weighted by Crippen LogP contribution is 2.21. The zero-order valence-electron chi connectivity index (χ0n) is 10.9. The van der Waals surface area contributed by atoms with E-state index in [0.717, 1.165) is 5.56 Å². The van der Waals surface area contributed by atoms with Gasteiger partial charge in [-0.25, -0.2) is 4.79 Å². The number of methoxy groups -OCH3 is 1. The Kier molecular flexibility index (Phi) is 4.30. The largest absolute Gasteiger partial charge is 0.457 e. The summed E-state index contributed by atoms with van der Waals surface area (Å²) < 4.78 is 10.2. The molecule has 0 saturated carbocycles. The number of aromatic nitrogens is 2. The van der Waals surface area contributed by atoms with Gasteiger partial charge in [-0.05, 0) is 6.92 Å². The molecule has 100 valence electrons. The van der Waals surface area contributed by atoms with Gasteiger partial charge in [0.25, 0.3) is 0 Å². The van der Waals surface area contributed by atoms with Crippen molar-refractivity contribution in [2.45, 2.75) is 13.0 Å². The summed E-state index contributed by atoms with van der Waals surface area (Å²) in [6.07, 6.45) is 1.18. The Morgan fingerprint density at radius 3 is 2.79 bits per heavy atom. The van der Waals surface area contributed by atoms with Crippen molar-refractivity contribution in [3.63, 3.8) is 0 Å². The second-order valence-electron chi connectivity index (χ2n) is 4.20. The lowest BCUT2D eigenvalue weighted by Crippen LogP contribution is -2.19. The fraction of sp³-hybridized carbons (Fsp3) is 0.286. The first-order valence-corrected chi connectivity index (χ1v) is 6.01. The molecule has 5 nitrogen and oxygen atoms in total. The van der Waals surface area contributed by atoms with Gasteiger partial charge < -0.3 is 9.47 Å². The Hall–Kier alpha value is -2.14. The fourth-order valence-electron chi connectivity index (χ4n) is 1.78. The Morgan fingerprint density at radius 2 is 2.11 bits per heavy atom. The van der Waals surface area contributed by atoms with Crippen molar-refractivity contribution in [1.82, 2.24) is 10.2 Å². The Labute approximate surface area is 111 Å². The molecule has 1 atom stereocenters. The lowest BCUT2D eigenvalue weighted by Gasteiger charge is -2.11. The van der Waals surface area contributed by atoms with Crippen LogP contribution in [0.2, 0.25) is 0 Å². The number of nitrogens with zero attached hydrogens (tertiary/aromatic N) is 1. The van der Waals surface area contributed by atoms with E-state index >= 15 is 0 Å². The molecule has 1 heterocycles. The van der Waals surface area contributed by atoms with E-state index in [1.165, 1.54) is 6.20 Å². The number of rotatable bonds is 5. The molecule has 1 aromatic heterocycles. The van der Waals surface area contributed by atoms with Gasteiger partial charge in [0, 0.05) is 12.7 Å². The average Bonchev–Trinajstić information content (AvgIpc) is 2.89. The summed E-state index contributed by atoms with van der Waals surface area (Å²) in [5.74, 6) is -0.405. The van der Waals surface area contributed by atoms with Crippen LogP contribution >= 0.6 is 0 Å². The van der Waals surface area contributed by atoms with Gasteiger partial charge in [-0.1, -0.05) is 30.3 Å². The molecule has 1 N–H and O–H groups in total. The van der Waals surface area contributed by atoms with E-state index in [2.05, 4.69) is 10.2 Å². The molecule has 1 aromatic carbocycles. The predicted octanol–water partition coefficient (Wildman–Crippen LogP) is 2.27. The van der Waals surface area contributed by atoms with Crippen LogP contribution < -0.4 is 0 Å². The maximum atomic E-state index is 12.0.